The summed E-state index contributed by atoms with van der Waals surface area (Å²) in [6.07, 6.45) is 10.6. The van der Waals surface area contributed by atoms with E-state index < -0.39 is 0 Å². The predicted molar refractivity (Wildman–Crippen MR) is 103 cm³/mol. The summed E-state index contributed by atoms with van der Waals surface area (Å²) in [5, 5.41) is 0. The zero-order valence-electron chi connectivity index (χ0n) is 17.1. The quantitative estimate of drug-likeness (QED) is 0.736. The van der Waals surface area contributed by atoms with Gasteiger partial charge in [0.15, 0.2) is 0 Å². The number of carbonyl (C=O) groups excluding carboxylic acids is 2. The van der Waals surface area contributed by atoms with Gasteiger partial charge in [0.2, 0.25) is 11.8 Å². The molecule has 0 radical (unpaired) electrons. The molecule has 0 aromatic rings. The summed E-state index contributed by atoms with van der Waals surface area (Å²) >= 11 is 0. The van der Waals surface area contributed by atoms with Gasteiger partial charge in [-0.3, -0.25) is 9.59 Å². The first-order chi connectivity index (χ1) is 13.0. The van der Waals surface area contributed by atoms with Crippen molar-refractivity contribution in [2.45, 2.75) is 75.9 Å². The Labute approximate surface area is 163 Å². The molecule has 27 heavy (non-hydrogen) atoms. The summed E-state index contributed by atoms with van der Waals surface area (Å²) in [7, 11) is 3.49. The van der Waals surface area contributed by atoms with E-state index in [1.54, 1.807) is 19.0 Å². The Morgan fingerprint density at radius 3 is 2.48 bits per heavy atom. The SMILES string of the molecule is CN(C)C(=O)COC1CCOC2(CCN(C(=O)CC3CCCCC3)CC2)C1. The lowest BCUT2D eigenvalue weighted by Crippen LogP contribution is -2.52. The highest BCUT2D eigenvalue weighted by molar-refractivity contribution is 5.77. The fourth-order valence-electron chi connectivity index (χ4n) is 4.72. The molecule has 0 aromatic carbocycles. The van der Waals surface area contributed by atoms with Crippen molar-refractivity contribution in [1.82, 2.24) is 9.80 Å². The zero-order chi connectivity index (χ0) is 19.3. The van der Waals surface area contributed by atoms with E-state index in [0.29, 0.717) is 18.4 Å². The molecule has 2 saturated heterocycles. The first kappa shape index (κ1) is 20.6. The molecule has 1 aliphatic carbocycles. The number of carbonyl (C=O) groups is 2. The molecule has 154 valence electrons. The van der Waals surface area contributed by atoms with Crippen molar-refractivity contribution < 1.29 is 19.1 Å². The number of rotatable bonds is 5. The second kappa shape index (κ2) is 9.37. The van der Waals surface area contributed by atoms with Gasteiger partial charge in [-0.15, -0.1) is 0 Å². The fraction of sp³-hybridized carbons (Fsp3) is 0.905. The van der Waals surface area contributed by atoms with Gasteiger partial charge in [-0.2, -0.15) is 0 Å². The van der Waals surface area contributed by atoms with Crippen LogP contribution in [0.25, 0.3) is 0 Å². The van der Waals surface area contributed by atoms with Gasteiger partial charge in [0, 0.05) is 46.6 Å². The zero-order valence-corrected chi connectivity index (χ0v) is 17.1. The molecule has 2 heterocycles. The summed E-state index contributed by atoms with van der Waals surface area (Å²) in [5.41, 5.74) is -0.175. The lowest BCUT2D eigenvalue weighted by Gasteiger charge is -2.46. The van der Waals surface area contributed by atoms with Gasteiger partial charge in [-0.05, 0) is 38.0 Å². The van der Waals surface area contributed by atoms with Crippen LogP contribution >= 0.6 is 0 Å². The molecule has 3 rings (SSSR count). The first-order valence-corrected chi connectivity index (χ1v) is 10.7. The van der Waals surface area contributed by atoms with E-state index in [1.807, 2.05) is 4.90 Å². The monoisotopic (exact) mass is 380 g/mol. The van der Waals surface area contributed by atoms with Crippen molar-refractivity contribution in [1.29, 1.82) is 0 Å². The van der Waals surface area contributed by atoms with Crippen molar-refractivity contribution in [2.75, 3.05) is 40.4 Å². The first-order valence-electron chi connectivity index (χ1n) is 10.7. The Kier molecular flexibility index (Phi) is 7.15. The molecule has 0 N–H and O–H groups in total. The van der Waals surface area contributed by atoms with E-state index in [9.17, 15) is 9.59 Å². The van der Waals surface area contributed by atoms with Gasteiger partial charge in [-0.25, -0.2) is 0 Å². The third kappa shape index (κ3) is 5.67. The van der Waals surface area contributed by atoms with E-state index in [1.165, 1.54) is 32.1 Å². The molecular weight excluding hydrogens is 344 g/mol. The molecule has 3 aliphatic rings. The van der Waals surface area contributed by atoms with Gasteiger partial charge in [0.1, 0.15) is 6.61 Å². The van der Waals surface area contributed by atoms with Gasteiger partial charge in [0.25, 0.3) is 0 Å². The van der Waals surface area contributed by atoms with Gasteiger partial charge < -0.3 is 19.3 Å². The number of hydrogen-bond acceptors (Lipinski definition) is 4. The standard InChI is InChI=1S/C21H36N2O4/c1-22(2)20(25)16-26-18-8-13-27-21(15-18)9-11-23(12-10-21)19(24)14-17-6-4-3-5-7-17/h17-18H,3-16H2,1-2H3. The average Bonchev–Trinajstić information content (AvgIpc) is 2.67. The topological polar surface area (TPSA) is 59.1 Å². The Bertz CT molecular complexity index is 508. The second-order valence-electron chi connectivity index (χ2n) is 8.83. The summed E-state index contributed by atoms with van der Waals surface area (Å²) < 4.78 is 12.0. The van der Waals surface area contributed by atoms with Crippen LogP contribution in [0.1, 0.15) is 64.2 Å². The van der Waals surface area contributed by atoms with Crippen LogP contribution in [0.15, 0.2) is 0 Å². The second-order valence-corrected chi connectivity index (χ2v) is 8.83. The van der Waals surface area contributed by atoms with Gasteiger partial charge in [-0.1, -0.05) is 19.3 Å². The predicted octanol–water partition coefficient (Wildman–Crippen LogP) is 2.60. The molecule has 1 atom stereocenters. The van der Waals surface area contributed by atoms with Crippen molar-refractivity contribution >= 4 is 11.8 Å². The summed E-state index contributed by atoms with van der Waals surface area (Å²) in [4.78, 5) is 28.0. The lowest BCUT2D eigenvalue weighted by atomic mass is 9.82. The summed E-state index contributed by atoms with van der Waals surface area (Å²) in [6.45, 7) is 2.39. The van der Waals surface area contributed by atoms with Crippen molar-refractivity contribution in [2.24, 2.45) is 5.92 Å². The number of hydrogen-bond donors (Lipinski definition) is 0. The smallest absolute Gasteiger partial charge is 0.248 e. The molecule has 3 fully saturated rings. The van der Waals surface area contributed by atoms with E-state index >= 15 is 0 Å². The van der Waals surface area contributed by atoms with Crippen LogP contribution in [0.3, 0.4) is 0 Å². The summed E-state index contributed by atoms with van der Waals surface area (Å²) in [5.74, 6) is 0.927. The van der Waals surface area contributed by atoms with Crippen molar-refractivity contribution in [3.63, 3.8) is 0 Å². The molecule has 1 saturated carbocycles. The number of likely N-dealkylation sites (tertiary alicyclic amines) is 1. The number of likely N-dealkylation sites (N-methyl/N-ethyl adjacent to an activating group) is 1. The van der Waals surface area contributed by atoms with Crippen LogP contribution in [0.5, 0.6) is 0 Å². The highest BCUT2D eigenvalue weighted by atomic mass is 16.5. The highest BCUT2D eigenvalue weighted by Crippen LogP contribution is 2.36. The molecule has 0 aromatic heterocycles. The molecular formula is C21H36N2O4. The van der Waals surface area contributed by atoms with Crippen LogP contribution < -0.4 is 0 Å². The molecule has 6 heteroatoms. The Morgan fingerprint density at radius 1 is 1.11 bits per heavy atom. The van der Waals surface area contributed by atoms with E-state index in [0.717, 1.165) is 45.2 Å². The fourth-order valence-corrected chi connectivity index (χ4v) is 4.72. The number of ether oxygens (including phenoxy) is 2. The van der Waals surface area contributed by atoms with E-state index in [2.05, 4.69) is 0 Å². The van der Waals surface area contributed by atoms with Crippen LogP contribution in [-0.2, 0) is 19.1 Å². The Balaban J connectivity index is 1.44. The molecule has 1 unspecified atom stereocenters. The van der Waals surface area contributed by atoms with Crippen LogP contribution in [0, 0.1) is 5.92 Å². The largest absolute Gasteiger partial charge is 0.375 e. The van der Waals surface area contributed by atoms with Crippen molar-refractivity contribution in [3.8, 4) is 0 Å². The third-order valence-corrected chi connectivity index (χ3v) is 6.60. The van der Waals surface area contributed by atoms with Crippen LogP contribution in [-0.4, -0.2) is 73.7 Å². The maximum atomic E-state index is 12.7. The van der Waals surface area contributed by atoms with Crippen LogP contribution in [0.4, 0.5) is 0 Å². The lowest BCUT2D eigenvalue weighted by molar-refractivity contribution is -0.166. The molecule has 6 nitrogen and oxygen atoms in total. The Hall–Kier alpha value is -1.14. The summed E-state index contributed by atoms with van der Waals surface area (Å²) in [6, 6.07) is 0. The van der Waals surface area contributed by atoms with E-state index in [4.69, 9.17) is 9.47 Å². The number of amides is 2. The Morgan fingerprint density at radius 2 is 1.81 bits per heavy atom. The minimum atomic E-state index is -0.175. The molecule has 2 amide bonds. The van der Waals surface area contributed by atoms with Crippen molar-refractivity contribution in [3.05, 3.63) is 0 Å². The minimum absolute atomic E-state index is 0.00123. The van der Waals surface area contributed by atoms with E-state index in [-0.39, 0.29) is 24.2 Å². The van der Waals surface area contributed by atoms with Gasteiger partial charge in [0.05, 0.1) is 11.7 Å². The minimum Gasteiger partial charge on any atom is -0.375 e. The molecule has 2 aliphatic heterocycles. The average molecular weight is 381 g/mol. The maximum absolute atomic E-state index is 12.7. The molecule has 1 spiro atoms. The highest BCUT2D eigenvalue weighted by Gasteiger charge is 2.41. The van der Waals surface area contributed by atoms with Crippen LogP contribution in [0.2, 0.25) is 0 Å². The number of nitrogens with zero attached hydrogens (tertiary/aromatic N) is 2. The normalized spacial score (nSPS) is 26.1. The number of piperidine rings is 1. The maximum Gasteiger partial charge on any atom is 0.248 e. The third-order valence-electron chi connectivity index (χ3n) is 6.60. The van der Waals surface area contributed by atoms with Gasteiger partial charge >= 0.3 is 0 Å². The molecule has 0 bridgehead atoms.